The van der Waals surface area contributed by atoms with Gasteiger partial charge in [-0.1, -0.05) is 30.7 Å². The number of hydrogen-bond acceptors (Lipinski definition) is 3. The van der Waals surface area contributed by atoms with Crippen LogP contribution in [0.5, 0.6) is 0 Å². The van der Waals surface area contributed by atoms with Gasteiger partial charge in [0, 0.05) is 19.0 Å². The fraction of sp³-hybridized carbons (Fsp3) is 0.429. The number of likely N-dealkylation sites (N-methyl/N-ethyl adjacent to an activating group) is 1. The lowest BCUT2D eigenvalue weighted by Crippen LogP contribution is -2.21. The molecule has 6 heteroatoms. The zero-order valence-corrected chi connectivity index (χ0v) is 12.4. The van der Waals surface area contributed by atoms with Gasteiger partial charge in [0.2, 0.25) is 0 Å². The second kappa shape index (κ2) is 6.81. The van der Waals surface area contributed by atoms with Gasteiger partial charge >= 0.3 is 0 Å². The van der Waals surface area contributed by atoms with Gasteiger partial charge in [-0.15, -0.1) is 0 Å². The highest BCUT2D eigenvalue weighted by Crippen LogP contribution is 2.27. The summed E-state index contributed by atoms with van der Waals surface area (Å²) in [6.45, 7) is 2.91. The first-order valence-corrected chi connectivity index (χ1v) is 7.03. The van der Waals surface area contributed by atoms with Crippen molar-refractivity contribution < 1.29 is 4.39 Å². The Balaban J connectivity index is 2.24. The molecule has 2 aromatic rings. The van der Waals surface area contributed by atoms with E-state index in [0.29, 0.717) is 6.42 Å². The smallest absolute Gasteiger partial charge is 0.142 e. The van der Waals surface area contributed by atoms with Crippen molar-refractivity contribution in [3.8, 4) is 0 Å². The standard InChI is InChI=1S/C14H18ClFN4/c1-3-7-20-13(18-9-19-20)8-12(17-2)10-5-4-6-11(16)14(10)15/h4-6,9,12,17H,3,7-8H2,1-2H3. The quantitative estimate of drug-likeness (QED) is 0.891. The van der Waals surface area contributed by atoms with Crippen LogP contribution in [0.3, 0.4) is 0 Å². The molecule has 0 saturated heterocycles. The van der Waals surface area contributed by atoms with E-state index in [2.05, 4.69) is 22.3 Å². The molecular formula is C14H18ClFN4. The number of nitrogens with one attached hydrogen (secondary N) is 1. The minimum atomic E-state index is -0.403. The van der Waals surface area contributed by atoms with Crippen LogP contribution in [0.15, 0.2) is 24.5 Å². The number of nitrogens with zero attached hydrogens (tertiary/aromatic N) is 3. The maximum atomic E-state index is 13.6. The predicted octanol–water partition coefficient (Wildman–Crippen LogP) is 2.98. The molecule has 2 rings (SSSR count). The molecule has 1 heterocycles. The van der Waals surface area contributed by atoms with Crippen molar-refractivity contribution in [3.63, 3.8) is 0 Å². The normalized spacial score (nSPS) is 12.6. The summed E-state index contributed by atoms with van der Waals surface area (Å²) in [7, 11) is 1.83. The molecule has 108 valence electrons. The number of rotatable bonds is 6. The number of aromatic nitrogens is 3. The van der Waals surface area contributed by atoms with Crippen LogP contribution in [0.25, 0.3) is 0 Å². The molecule has 4 nitrogen and oxygen atoms in total. The van der Waals surface area contributed by atoms with E-state index in [-0.39, 0.29) is 11.1 Å². The number of benzene rings is 1. The summed E-state index contributed by atoms with van der Waals surface area (Å²) in [5, 5.41) is 7.52. The van der Waals surface area contributed by atoms with Crippen molar-refractivity contribution in [2.45, 2.75) is 32.4 Å². The Labute approximate surface area is 123 Å². The summed E-state index contributed by atoms with van der Waals surface area (Å²) in [5.41, 5.74) is 0.736. The van der Waals surface area contributed by atoms with Crippen molar-refractivity contribution in [2.75, 3.05) is 7.05 Å². The average Bonchev–Trinajstić information content (AvgIpc) is 2.87. The predicted molar refractivity (Wildman–Crippen MR) is 77.2 cm³/mol. The number of halogens is 2. The summed E-state index contributed by atoms with van der Waals surface area (Å²) in [6, 6.07) is 4.75. The largest absolute Gasteiger partial charge is 0.313 e. The zero-order chi connectivity index (χ0) is 14.5. The third-order valence-corrected chi connectivity index (χ3v) is 3.62. The van der Waals surface area contributed by atoms with E-state index in [1.165, 1.54) is 6.07 Å². The Morgan fingerprint density at radius 1 is 1.45 bits per heavy atom. The Kier molecular flexibility index (Phi) is 5.09. The van der Waals surface area contributed by atoms with Crippen molar-refractivity contribution in [1.29, 1.82) is 0 Å². The lowest BCUT2D eigenvalue weighted by molar-refractivity contribution is 0.514. The van der Waals surface area contributed by atoms with Gasteiger partial charge in [0.05, 0.1) is 5.02 Å². The fourth-order valence-electron chi connectivity index (χ4n) is 2.18. The molecule has 0 fully saturated rings. The van der Waals surface area contributed by atoms with E-state index < -0.39 is 5.82 Å². The molecule has 1 aromatic carbocycles. The SMILES string of the molecule is CCCn1ncnc1CC(NC)c1cccc(F)c1Cl. The molecule has 1 unspecified atom stereocenters. The molecule has 0 amide bonds. The van der Waals surface area contributed by atoms with Crippen molar-refractivity contribution in [3.05, 3.63) is 46.8 Å². The van der Waals surface area contributed by atoms with Crippen LogP contribution in [0.4, 0.5) is 4.39 Å². The van der Waals surface area contributed by atoms with Crippen LogP contribution >= 0.6 is 11.6 Å². The van der Waals surface area contributed by atoms with Crippen LogP contribution in [0.2, 0.25) is 5.02 Å². The highest BCUT2D eigenvalue weighted by molar-refractivity contribution is 6.31. The molecule has 0 aliphatic carbocycles. The van der Waals surface area contributed by atoms with Gasteiger partial charge in [0.15, 0.2) is 0 Å². The van der Waals surface area contributed by atoms with Crippen molar-refractivity contribution in [2.24, 2.45) is 0 Å². The molecule has 1 aromatic heterocycles. The summed E-state index contributed by atoms with van der Waals surface area (Å²) in [6.07, 6.45) is 3.14. The van der Waals surface area contributed by atoms with Gasteiger partial charge in [-0.2, -0.15) is 5.10 Å². The lowest BCUT2D eigenvalue weighted by Gasteiger charge is -2.18. The maximum Gasteiger partial charge on any atom is 0.142 e. The minimum absolute atomic E-state index is 0.0991. The Bertz CT molecular complexity index is 570. The lowest BCUT2D eigenvalue weighted by atomic mass is 10.0. The summed E-state index contributed by atoms with van der Waals surface area (Å²) >= 11 is 6.05. The Morgan fingerprint density at radius 2 is 2.25 bits per heavy atom. The van der Waals surface area contributed by atoms with Gasteiger partial charge < -0.3 is 5.32 Å². The first kappa shape index (κ1) is 14.9. The van der Waals surface area contributed by atoms with E-state index >= 15 is 0 Å². The summed E-state index contributed by atoms with van der Waals surface area (Å²) < 4.78 is 15.4. The van der Waals surface area contributed by atoms with Gasteiger partial charge in [-0.05, 0) is 25.1 Å². The highest BCUT2D eigenvalue weighted by atomic mass is 35.5. The zero-order valence-electron chi connectivity index (χ0n) is 11.6. The van der Waals surface area contributed by atoms with Crippen LogP contribution in [0.1, 0.15) is 30.8 Å². The van der Waals surface area contributed by atoms with Gasteiger partial charge in [-0.3, -0.25) is 4.68 Å². The van der Waals surface area contributed by atoms with Crippen molar-refractivity contribution in [1.82, 2.24) is 20.1 Å². The maximum absolute atomic E-state index is 13.6. The topological polar surface area (TPSA) is 42.7 Å². The van der Waals surface area contributed by atoms with E-state index in [1.54, 1.807) is 12.4 Å². The summed E-state index contributed by atoms with van der Waals surface area (Å²) in [5.74, 6) is 0.464. The molecule has 0 aliphatic heterocycles. The Morgan fingerprint density at radius 3 is 2.95 bits per heavy atom. The van der Waals surface area contributed by atoms with Gasteiger partial charge in [0.25, 0.3) is 0 Å². The highest BCUT2D eigenvalue weighted by Gasteiger charge is 2.18. The molecule has 0 saturated carbocycles. The first-order chi connectivity index (χ1) is 9.67. The van der Waals surface area contributed by atoms with Gasteiger partial charge in [0.1, 0.15) is 18.0 Å². The molecule has 20 heavy (non-hydrogen) atoms. The monoisotopic (exact) mass is 296 g/mol. The van der Waals surface area contributed by atoms with E-state index in [0.717, 1.165) is 24.4 Å². The van der Waals surface area contributed by atoms with Crippen molar-refractivity contribution >= 4 is 11.6 Å². The van der Waals surface area contributed by atoms with E-state index in [9.17, 15) is 4.39 Å². The van der Waals surface area contributed by atoms with Crippen LogP contribution in [-0.2, 0) is 13.0 Å². The van der Waals surface area contributed by atoms with Gasteiger partial charge in [-0.25, -0.2) is 9.37 Å². The molecule has 1 N–H and O–H groups in total. The minimum Gasteiger partial charge on any atom is -0.313 e. The average molecular weight is 297 g/mol. The third-order valence-electron chi connectivity index (χ3n) is 3.22. The first-order valence-electron chi connectivity index (χ1n) is 6.65. The molecule has 0 bridgehead atoms. The van der Waals surface area contributed by atoms with Crippen LogP contribution in [0, 0.1) is 5.82 Å². The molecule has 0 radical (unpaired) electrons. The molecule has 0 spiro atoms. The van der Waals surface area contributed by atoms with E-state index in [4.69, 9.17) is 11.6 Å². The molecule has 0 aliphatic rings. The molecular weight excluding hydrogens is 279 g/mol. The Hall–Kier alpha value is -1.46. The second-order valence-electron chi connectivity index (χ2n) is 4.59. The fourth-order valence-corrected chi connectivity index (χ4v) is 2.44. The summed E-state index contributed by atoms with van der Waals surface area (Å²) in [4.78, 5) is 4.28. The van der Waals surface area contributed by atoms with Crippen LogP contribution in [-0.4, -0.2) is 21.8 Å². The third kappa shape index (κ3) is 3.16. The molecule has 1 atom stereocenters. The number of hydrogen-bond donors (Lipinski definition) is 1. The second-order valence-corrected chi connectivity index (χ2v) is 4.97. The van der Waals surface area contributed by atoms with Crippen LogP contribution < -0.4 is 5.32 Å². The number of aryl methyl sites for hydroxylation is 1. The van der Waals surface area contributed by atoms with E-state index in [1.807, 2.05) is 17.8 Å².